The van der Waals surface area contributed by atoms with Gasteiger partial charge >= 0.3 is 18.1 Å². The molecule has 0 spiro atoms. The Morgan fingerprint density at radius 3 is 2.09 bits per heavy atom. The number of halogens is 3. The fourth-order valence-corrected chi connectivity index (χ4v) is 3.37. The van der Waals surface area contributed by atoms with Gasteiger partial charge in [-0.2, -0.15) is 13.2 Å². The number of ether oxygens (including phenoxy) is 3. The number of carbonyl (C=O) groups is 2. The van der Waals surface area contributed by atoms with Gasteiger partial charge < -0.3 is 19.3 Å². The Bertz CT molecular complexity index is 1160. The Morgan fingerprint density at radius 2 is 1.51 bits per heavy atom. The van der Waals surface area contributed by atoms with Crippen LogP contribution in [0.15, 0.2) is 78.9 Å². The molecule has 0 amide bonds. The Hall–Kier alpha value is -4.01. The molecule has 1 N–H and O–H groups in total. The fraction of sp³-hybridized carbons (Fsp3) is 0.231. The molecule has 0 saturated heterocycles. The molecule has 0 fully saturated rings. The minimum Gasteiger partial charge on any atom is -0.489 e. The van der Waals surface area contributed by atoms with Crippen LogP contribution in [-0.4, -0.2) is 22.6 Å². The van der Waals surface area contributed by atoms with Crippen molar-refractivity contribution in [1.82, 2.24) is 0 Å². The van der Waals surface area contributed by atoms with E-state index >= 15 is 0 Å². The molecule has 2 unspecified atom stereocenters. The van der Waals surface area contributed by atoms with E-state index in [9.17, 15) is 27.9 Å². The van der Waals surface area contributed by atoms with Crippen molar-refractivity contribution in [2.75, 3.05) is 0 Å². The van der Waals surface area contributed by atoms with E-state index in [-0.39, 0.29) is 12.2 Å². The molecule has 3 aromatic rings. The number of carbonyl (C=O) groups excluding carboxylic acids is 1. The highest BCUT2D eigenvalue weighted by atomic mass is 19.4. The van der Waals surface area contributed by atoms with Gasteiger partial charge in [-0.15, -0.1) is 0 Å². The van der Waals surface area contributed by atoms with Crippen molar-refractivity contribution in [2.45, 2.75) is 38.3 Å². The standard InChI is InChI=1S/C26H23F3O6/c1-17(30)34-23(19-12-14-20(15-13-19)33-16-18-8-4-3-5-9-18)25(2,24(31)32)35-22-11-7-6-10-21(22)26(27,28)29/h3-15,23H,16H2,1-2H3,(H,31,32). The predicted octanol–water partition coefficient (Wildman–Crippen LogP) is 5.81. The van der Waals surface area contributed by atoms with Crippen molar-refractivity contribution < 1.29 is 42.1 Å². The highest BCUT2D eigenvalue weighted by Crippen LogP contribution is 2.41. The van der Waals surface area contributed by atoms with Gasteiger partial charge in [-0.05, 0) is 42.3 Å². The quantitative estimate of drug-likeness (QED) is 0.383. The fourth-order valence-electron chi connectivity index (χ4n) is 3.37. The molecule has 0 saturated carbocycles. The van der Waals surface area contributed by atoms with E-state index in [4.69, 9.17) is 14.2 Å². The summed E-state index contributed by atoms with van der Waals surface area (Å²) in [6.45, 7) is 2.41. The average Bonchev–Trinajstić information content (AvgIpc) is 2.81. The third-order valence-electron chi connectivity index (χ3n) is 5.15. The van der Waals surface area contributed by atoms with Crippen molar-refractivity contribution in [3.05, 3.63) is 95.6 Å². The van der Waals surface area contributed by atoms with Crippen LogP contribution in [-0.2, 0) is 27.1 Å². The van der Waals surface area contributed by atoms with Crippen molar-refractivity contribution in [1.29, 1.82) is 0 Å². The highest BCUT2D eigenvalue weighted by molar-refractivity contribution is 5.80. The maximum absolute atomic E-state index is 13.5. The van der Waals surface area contributed by atoms with Crippen molar-refractivity contribution >= 4 is 11.9 Å². The van der Waals surface area contributed by atoms with E-state index < -0.39 is 41.1 Å². The summed E-state index contributed by atoms with van der Waals surface area (Å²) in [6.07, 6.45) is -6.35. The lowest BCUT2D eigenvalue weighted by Gasteiger charge is -2.34. The molecule has 9 heteroatoms. The molecule has 35 heavy (non-hydrogen) atoms. The summed E-state index contributed by atoms with van der Waals surface area (Å²) in [5, 5.41) is 9.97. The first-order valence-electron chi connectivity index (χ1n) is 10.5. The maximum Gasteiger partial charge on any atom is 0.419 e. The number of rotatable bonds is 9. The normalized spacial score (nSPS) is 13.9. The Labute approximate surface area is 199 Å². The Morgan fingerprint density at radius 1 is 0.914 bits per heavy atom. The first kappa shape index (κ1) is 25.6. The zero-order chi connectivity index (χ0) is 25.6. The number of carboxylic acids is 1. The Balaban J connectivity index is 1.92. The largest absolute Gasteiger partial charge is 0.489 e. The van der Waals surface area contributed by atoms with Gasteiger partial charge in [-0.3, -0.25) is 4.79 Å². The second kappa shape index (κ2) is 10.5. The van der Waals surface area contributed by atoms with Crippen LogP contribution in [0.4, 0.5) is 13.2 Å². The van der Waals surface area contributed by atoms with Crippen LogP contribution in [0.5, 0.6) is 11.5 Å². The number of benzene rings is 3. The summed E-state index contributed by atoms with van der Waals surface area (Å²) < 4.78 is 56.8. The van der Waals surface area contributed by atoms with Crippen molar-refractivity contribution in [3.8, 4) is 11.5 Å². The van der Waals surface area contributed by atoms with Crippen LogP contribution in [0.25, 0.3) is 0 Å². The van der Waals surface area contributed by atoms with Gasteiger partial charge in [-0.1, -0.05) is 54.6 Å². The van der Waals surface area contributed by atoms with E-state index in [1.807, 2.05) is 30.3 Å². The lowest BCUT2D eigenvalue weighted by molar-refractivity contribution is -0.178. The molecule has 2 atom stereocenters. The topological polar surface area (TPSA) is 82.1 Å². The van der Waals surface area contributed by atoms with Crippen molar-refractivity contribution in [3.63, 3.8) is 0 Å². The molecular formula is C26H23F3O6. The van der Waals surface area contributed by atoms with Crippen LogP contribution >= 0.6 is 0 Å². The molecular weight excluding hydrogens is 465 g/mol. The average molecular weight is 488 g/mol. The number of aliphatic carboxylic acids is 1. The number of carboxylic acid groups (broad SMARTS) is 1. The lowest BCUT2D eigenvalue weighted by Crippen LogP contribution is -2.49. The molecule has 0 aliphatic heterocycles. The van der Waals surface area contributed by atoms with Gasteiger partial charge in [0.25, 0.3) is 0 Å². The molecule has 0 aliphatic carbocycles. The number of hydrogen-bond acceptors (Lipinski definition) is 5. The molecule has 3 rings (SSSR count). The third-order valence-corrected chi connectivity index (χ3v) is 5.15. The monoisotopic (exact) mass is 488 g/mol. The van der Waals surface area contributed by atoms with E-state index in [0.29, 0.717) is 5.75 Å². The van der Waals surface area contributed by atoms with E-state index in [1.165, 1.54) is 18.2 Å². The number of alkyl halides is 3. The third kappa shape index (κ3) is 6.32. The van der Waals surface area contributed by atoms with Gasteiger partial charge in [0.1, 0.15) is 18.1 Å². The van der Waals surface area contributed by atoms with E-state index in [2.05, 4.69) is 0 Å². The summed E-state index contributed by atoms with van der Waals surface area (Å²) in [5.41, 5.74) is -2.41. The molecule has 6 nitrogen and oxygen atoms in total. The van der Waals surface area contributed by atoms with Gasteiger partial charge in [0, 0.05) is 6.92 Å². The smallest absolute Gasteiger partial charge is 0.419 e. The zero-order valence-corrected chi connectivity index (χ0v) is 18.9. The minimum atomic E-state index is -4.79. The summed E-state index contributed by atoms with van der Waals surface area (Å²) in [7, 11) is 0. The summed E-state index contributed by atoms with van der Waals surface area (Å²) >= 11 is 0. The predicted molar refractivity (Wildman–Crippen MR) is 120 cm³/mol. The van der Waals surface area contributed by atoms with Crippen LogP contribution in [0.1, 0.15) is 36.6 Å². The highest BCUT2D eigenvalue weighted by Gasteiger charge is 2.49. The molecule has 0 bridgehead atoms. The second-order valence-corrected chi connectivity index (χ2v) is 7.84. The van der Waals surface area contributed by atoms with E-state index in [0.717, 1.165) is 37.6 Å². The molecule has 184 valence electrons. The van der Waals surface area contributed by atoms with Crippen LogP contribution in [0.3, 0.4) is 0 Å². The zero-order valence-electron chi connectivity index (χ0n) is 18.9. The maximum atomic E-state index is 13.5. The number of hydrogen-bond donors (Lipinski definition) is 1. The SMILES string of the molecule is CC(=O)OC(c1ccc(OCc2ccccc2)cc1)C(C)(Oc1ccccc1C(F)(F)F)C(=O)O. The van der Waals surface area contributed by atoms with Gasteiger partial charge in [0.15, 0.2) is 6.10 Å². The van der Waals surface area contributed by atoms with Crippen molar-refractivity contribution in [2.24, 2.45) is 0 Å². The summed E-state index contributed by atoms with van der Waals surface area (Å²) in [6, 6.07) is 19.6. The molecule has 0 aliphatic rings. The molecule has 3 aromatic carbocycles. The first-order valence-corrected chi connectivity index (χ1v) is 10.5. The minimum absolute atomic E-state index is 0.196. The lowest BCUT2D eigenvalue weighted by atomic mass is 9.92. The molecule has 0 heterocycles. The second-order valence-electron chi connectivity index (χ2n) is 7.84. The summed E-state index contributed by atoms with van der Waals surface area (Å²) in [5.74, 6) is -2.70. The van der Waals surface area contributed by atoms with Crippen LogP contribution in [0, 0.1) is 0 Å². The van der Waals surface area contributed by atoms with Crippen LogP contribution < -0.4 is 9.47 Å². The van der Waals surface area contributed by atoms with Gasteiger partial charge in [0.2, 0.25) is 5.60 Å². The Kier molecular flexibility index (Phi) is 7.68. The van der Waals surface area contributed by atoms with Gasteiger partial charge in [-0.25, -0.2) is 4.79 Å². The van der Waals surface area contributed by atoms with Crippen LogP contribution in [0.2, 0.25) is 0 Å². The number of esters is 1. The molecule has 0 radical (unpaired) electrons. The summed E-state index contributed by atoms with van der Waals surface area (Å²) in [4.78, 5) is 24.1. The van der Waals surface area contributed by atoms with Gasteiger partial charge in [0.05, 0.1) is 5.56 Å². The van der Waals surface area contributed by atoms with E-state index in [1.54, 1.807) is 12.1 Å². The first-order chi connectivity index (χ1) is 16.5. The molecule has 0 aromatic heterocycles. The number of para-hydroxylation sites is 1.